The summed E-state index contributed by atoms with van der Waals surface area (Å²) in [6, 6.07) is -9.63. The number of carbonyl (C=O) groups excluding carboxylic acids is 11. The lowest BCUT2D eigenvalue weighted by atomic mass is 9.83. The van der Waals surface area contributed by atoms with Crippen molar-refractivity contribution in [3.8, 4) is 0 Å². The average molecular weight is 1360 g/mol. The largest absolute Gasteiger partial charge is 0.390 e. The summed E-state index contributed by atoms with van der Waals surface area (Å²) in [5.74, 6) is -11.1. The number of likely N-dealkylation sites (N-methyl/N-ethyl adjacent to an activating group) is 7. The summed E-state index contributed by atoms with van der Waals surface area (Å²) in [4.78, 5) is 178. The zero-order chi connectivity index (χ0) is 73.7. The van der Waals surface area contributed by atoms with Gasteiger partial charge in [0.2, 0.25) is 47.3 Å². The molecule has 0 aliphatic carbocycles. The first-order valence-corrected chi connectivity index (χ1v) is 35.6. The van der Waals surface area contributed by atoms with E-state index in [2.05, 4.69) is 15.1 Å². The van der Waals surface area contributed by atoms with Crippen molar-refractivity contribution in [2.45, 2.75) is 230 Å². The number of allylic oxidation sites excluding steroid dienone is 2. The third-order valence-electron chi connectivity index (χ3n) is 20.3. The van der Waals surface area contributed by atoms with Gasteiger partial charge in [0, 0.05) is 126 Å². The van der Waals surface area contributed by atoms with E-state index < -0.39 is 143 Å². The van der Waals surface area contributed by atoms with Gasteiger partial charge in [-0.15, -0.1) is 0 Å². The third kappa shape index (κ3) is 24.1. The Balaban J connectivity index is 3.03. The van der Waals surface area contributed by atoms with Crippen LogP contribution in [-0.4, -0.2) is 271 Å². The summed E-state index contributed by atoms with van der Waals surface area (Å²) >= 11 is 0. The maximum atomic E-state index is 15.4. The average Bonchev–Trinajstić information content (AvgIpc) is 0.836. The lowest BCUT2D eigenvalue weighted by Gasteiger charge is -2.41. The lowest BCUT2D eigenvalue weighted by molar-refractivity contribution is -0.157. The van der Waals surface area contributed by atoms with E-state index in [-0.39, 0.29) is 80.0 Å². The first kappa shape index (κ1) is 86.4. The van der Waals surface area contributed by atoms with Crippen molar-refractivity contribution in [3.05, 3.63) is 12.2 Å². The molecular formula is C73H130N10O13. The van der Waals surface area contributed by atoms with Crippen LogP contribution in [0, 0.1) is 59.2 Å². The Kier molecular flexibility index (Phi) is 36.4. The molecule has 0 radical (unpaired) electrons. The number of ketones is 3. The van der Waals surface area contributed by atoms with Gasteiger partial charge < -0.3 is 54.4 Å². The first-order valence-electron chi connectivity index (χ1n) is 35.6. The second-order valence-electron chi connectivity index (χ2n) is 30.2. The fourth-order valence-electron chi connectivity index (χ4n) is 13.6. The van der Waals surface area contributed by atoms with Crippen LogP contribution in [0.1, 0.15) is 175 Å². The van der Waals surface area contributed by atoms with Crippen molar-refractivity contribution in [1.29, 1.82) is 0 Å². The van der Waals surface area contributed by atoms with Gasteiger partial charge in [0.15, 0.2) is 11.6 Å². The van der Waals surface area contributed by atoms with Gasteiger partial charge in [-0.3, -0.25) is 57.6 Å². The van der Waals surface area contributed by atoms with E-state index in [0.29, 0.717) is 26.0 Å². The number of nitrogens with zero attached hydrogens (tertiary/aromatic N) is 9. The van der Waals surface area contributed by atoms with Crippen LogP contribution in [-0.2, 0) is 57.5 Å². The Morgan fingerprint density at radius 3 is 1.44 bits per heavy atom. The van der Waals surface area contributed by atoms with Crippen LogP contribution >= 0.6 is 0 Å². The minimum absolute atomic E-state index is 0.0230. The zero-order valence-electron chi connectivity index (χ0n) is 63.8. The van der Waals surface area contributed by atoms with Crippen molar-refractivity contribution in [2.24, 2.45) is 59.2 Å². The Morgan fingerprint density at radius 2 is 0.958 bits per heavy atom. The van der Waals surface area contributed by atoms with Crippen LogP contribution in [0.5, 0.6) is 0 Å². The molecule has 2 aliphatic rings. The van der Waals surface area contributed by atoms with E-state index >= 15 is 33.6 Å². The van der Waals surface area contributed by atoms with Gasteiger partial charge in [-0.1, -0.05) is 116 Å². The molecule has 2 aliphatic heterocycles. The van der Waals surface area contributed by atoms with E-state index in [1.165, 1.54) is 78.6 Å². The van der Waals surface area contributed by atoms with E-state index in [1.807, 2.05) is 75.3 Å². The fraction of sp³-hybridized carbons (Fsp3) is 0.822. The normalized spacial score (nSPS) is 27.9. The molecule has 0 bridgehead atoms. The number of hydrogen-bond donors (Lipinski definition) is 2. The second-order valence-corrected chi connectivity index (χ2v) is 30.2. The quantitative estimate of drug-likeness (QED) is 0.129. The Labute approximate surface area is 577 Å². The number of piperazine rings is 1. The molecule has 0 aromatic rings. The third-order valence-corrected chi connectivity index (χ3v) is 20.3. The molecule has 2 heterocycles. The number of Topliss-reactive ketones (excluding diaryl/α,β-unsaturated/α-hetero) is 3. The minimum atomic E-state index is -1.62. The number of methoxy groups -OCH3 is 1. The van der Waals surface area contributed by atoms with Crippen molar-refractivity contribution >= 4 is 64.6 Å². The molecule has 23 nitrogen and oxygen atoms in total. The number of ether oxygens (including phenoxy) is 1. The maximum Gasteiger partial charge on any atom is 0.246 e. The summed E-state index contributed by atoms with van der Waals surface area (Å²) < 4.78 is 5.31. The molecule has 0 spiro atoms. The molecule has 96 heavy (non-hydrogen) atoms. The molecule has 550 valence electrons. The van der Waals surface area contributed by atoms with E-state index in [1.54, 1.807) is 61.8 Å². The molecule has 0 aromatic carbocycles. The van der Waals surface area contributed by atoms with Gasteiger partial charge in [-0.2, -0.15) is 0 Å². The van der Waals surface area contributed by atoms with Crippen LogP contribution in [0.15, 0.2) is 12.2 Å². The summed E-state index contributed by atoms with van der Waals surface area (Å²) in [7, 11) is 12.0. The van der Waals surface area contributed by atoms with Gasteiger partial charge in [0.25, 0.3) is 0 Å². The maximum absolute atomic E-state index is 15.4. The Hall–Kier alpha value is -5.65. The molecule has 8 amide bonds. The van der Waals surface area contributed by atoms with Gasteiger partial charge in [0.1, 0.15) is 42.0 Å². The Bertz CT molecular complexity index is 2610. The molecule has 14 atom stereocenters. The molecule has 2 rings (SSSR count). The van der Waals surface area contributed by atoms with Crippen LogP contribution in [0.2, 0.25) is 0 Å². The summed E-state index contributed by atoms with van der Waals surface area (Å²) in [5, 5.41) is 15.1. The van der Waals surface area contributed by atoms with Gasteiger partial charge >= 0.3 is 0 Å². The predicted octanol–water partition coefficient (Wildman–Crippen LogP) is 6.17. The van der Waals surface area contributed by atoms with Crippen LogP contribution < -0.4 is 5.32 Å². The van der Waals surface area contributed by atoms with Crippen molar-refractivity contribution in [1.82, 2.24) is 49.4 Å². The Morgan fingerprint density at radius 1 is 0.500 bits per heavy atom. The first-order chi connectivity index (χ1) is 44.6. The number of nitrogens with one attached hydrogen (secondary N) is 1. The highest BCUT2D eigenvalue weighted by atomic mass is 16.5. The highest BCUT2D eigenvalue weighted by Gasteiger charge is 2.46. The molecular weight excluding hydrogens is 1220 g/mol. The summed E-state index contributed by atoms with van der Waals surface area (Å²) in [6.45, 7) is 35.8. The number of hydrogen-bond acceptors (Lipinski definition) is 15. The SMILES string of the molecule is C/C=C/C[C@@H](C)[C@@H](O)[C@H]1C(=O)N[C@@H](CC)C(=O)N(C)[C@H](C)C(=O)N(C)C([C@H](C)CCN2CCN(CCOC)CC2)C(=O)C[C@@H](C(C)C)C(=O)N(C)[C@@H](CC(C)C)C(=O)C[C@@H](C)C(=O)C[C@H](C)C(=O)N(C)[C@@H](CC(C)C)C(=O)N(C)[C@@H](CC(C)C)C(=O)N(C)[C@@H](C(C)C)C(=O)N1C. The van der Waals surface area contributed by atoms with Crippen LogP contribution in [0.25, 0.3) is 0 Å². The highest BCUT2D eigenvalue weighted by molar-refractivity contribution is 6.00. The van der Waals surface area contributed by atoms with Gasteiger partial charge in [0.05, 0.1) is 24.8 Å². The number of rotatable bonds is 20. The molecule has 2 N–H and O–H groups in total. The molecule has 2 fully saturated rings. The second kappa shape index (κ2) is 40.4. The number of aliphatic hydroxyl groups excluding tert-OH is 1. The van der Waals surface area contributed by atoms with Crippen molar-refractivity contribution < 1.29 is 62.6 Å². The van der Waals surface area contributed by atoms with E-state index in [9.17, 15) is 24.3 Å². The van der Waals surface area contributed by atoms with Crippen molar-refractivity contribution in [2.75, 3.05) is 102 Å². The van der Waals surface area contributed by atoms with Crippen molar-refractivity contribution in [3.63, 3.8) is 0 Å². The molecule has 0 aromatic heterocycles. The fourth-order valence-corrected chi connectivity index (χ4v) is 13.6. The highest BCUT2D eigenvalue weighted by Crippen LogP contribution is 2.30. The minimum Gasteiger partial charge on any atom is -0.390 e. The lowest BCUT2D eigenvalue weighted by Crippen LogP contribution is -2.63. The predicted molar refractivity (Wildman–Crippen MR) is 376 cm³/mol. The monoisotopic (exact) mass is 1350 g/mol. The van der Waals surface area contributed by atoms with E-state index in [0.717, 1.165) is 37.6 Å². The number of carbonyl (C=O) groups is 11. The van der Waals surface area contributed by atoms with Gasteiger partial charge in [-0.25, -0.2) is 0 Å². The standard InChI is InChI=1S/C73H130N10O13/c1-26-28-29-50(14)65(87)64-66(88)74-55(27-2)70(92)75(18)53(17)68(90)80(23)63(49(13)30-31-82-32-34-83(35-33-82)36-37-96-25)61(86)43-54(47(9)10)69(91)76(19)56(38-44(3)4)60(85)41-51(15)59(84)42-52(16)67(89)77(20)57(39-45(5)6)71(93)78(21)58(40-46(7)8)72(94)79(22)62(48(11)12)73(95)81(64)24/h26,28,44-58,62-65,87H,27,29-43H2,1-25H3,(H,74,88)/b28-26+/t49-,50-,51-,52+,53-,54+,55+,56+,57+,58+,62+,63?,64+,65-/m1/s1. The van der Waals surface area contributed by atoms with Gasteiger partial charge in [-0.05, 0) is 100 Å². The zero-order valence-corrected chi connectivity index (χ0v) is 63.8. The number of aliphatic hydroxyl groups is 1. The van der Waals surface area contributed by atoms with Crippen LogP contribution in [0.3, 0.4) is 0 Å². The number of amides is 8. The molecule has 0 saturated carbocycles. The summed E-state index contributed by atoms with van der Waals surface area (Å²) in [5.41, 5.74) is 0. The molecule has 1 unspecified atom stereocenters. The molecule has 23 heteroatoms. The smallest absolute Gasteiger partial charge is 0.246 e. The molecule has 2 saturated heterocycles. The van der Waals surface area contributed by atoms with E-state index in [4.69, 9.17) is 4.74 Å². The topological polar surface area (TPSA) is 258 Å². The van der Waals surface area contributed by atoms with Crippen LogP contribution in [0.4, 0.5) is 0 Å². The summed E-state index contributed by atoms with van der Waals surface area (Å²) in [6.07, 6.45) is 2.80.